The zero-order valence-electron chi connectivity index (χ0n) is 18.6. The van der Waals surface area contributed by atoms with Gasteiger partial charge in [0.25, 0.3) is 0 Å². The number of aromatic nitrogens is 1. The number of alkyl halides is 3. The summed E-state index contributed by atoms with van der Waals surface area (Å²) in [5.41, 5.74) is 7.90. The van der Waals surface area contributed by atoms with Gasteiger partial charge in [-0.2, -0.15) is 13.2 Å². The standard InChI is InChI=1S/C26H25F3N2O3/c1-17-24(16-33-20-8-2-7-19(14-20)26(27,28)29)34-23-11-3-10-22(25(17)23)32-13-5-9-21(30)18-6-4-12-31-15-18/h2-4,6-8,10-12,14-15,21H,5,9,13,16,30H2,1H3. The third-order valence-electron chi connectivity index (χ3n) is 5.58. The first-order valence-corrected chi connectivity index (χ1v) is 10.9. The second-order valence-corrected chi connectivity index (χ2v) is 7.98. The molecule has 0 amide bonds. The maximum absolute atomic E-state index is 12.9. The zero-order chi connectivity index (χ0) is 24.1. The van der Waals surface area contributed by atoms with Gasteiger partial charge in [-0.3, -0.25) is 4.98 Å². The molecular formula is C26H25F3N2O3. The maximum Gasteiger partial charge on any atom is 0.416 e. The number of halogens is 3. The highest BCUT2D eigenvalue weighted by Crippen LogP contribution is 2.35. The van der Waals surface area contributed by atoms with E-state index in [1.807, 2.05) is 37.3 Å². The van der Waals surface area contributed by atoms with Crippen LogP contribution in [0.15, 0.2) is 71.4 Å². The number of furan rings is 1. The first-order valence-electron chi connectivity index (χ1n) is 10.9. The van der Waals surface area contributed by atoms with Crippen LogP contribution in [0.1, 0.15) is 41.3 Å². The number of rotatable bonds is 9. The fourth-order valence-electron chi connectivity index (χ4n) is 3.73. The molecule has 0 fully saturated rings. The molecule has 0 aliphatic carbocycles. The Hall–Kier alpha value is -3.52. The second-order valence-electron chi connectivity index (χ2n) is 7.98. The van der Waals surface area contributed by atoms with E-state index < -0.39 is 11.7 Å². The number of nitrogens with two attached hydrogens (primary N) is 1. The summed E-state index contributed by atoms with van der Waals surface area (Å²) in [6.45, 7) is 2.36. The number of pyridine rings is 1. The second kappa shape index (κ2) is 10.2. The summed E-state index contributed by atoms with van der Waals surface area (Å²) in [5, 5.41) is 0.821. The van der Waals surface area contributed by atoms with Gasteiger partial charge in [0.2, 0.25) is 0 Å². The number of hydrogen-bond donors (Lipinski definition) is 1. The highest BCUT2D eigenvalue weighted by atomic mass is 19.4. The quantitative estimate of drug-likeness (QED) is 0.279. The molecule has 0 aliphatic rings. The Kier molecular flexibility index (Phi) is 7.07. The number of ether oxygens (including phenoxy) is 2. The van der Waals surface area contributed by atoms with E-state index in [1.54, 1.807) is 12.4 Å². The van der Waals surface area contributed by atoms with E-state index in [-0.39, 0.29) is 18.4 Å². The number of hydrogen-bond acceptors (Lipinski definition) is 5. The minimum Gasteiger partial charge on any atom is -0.493 e. The molecule has 2 N–H and O–H groups in total. The van der Waals surface area contributed by atoms with Gasteiger partial charge in [-0.25, -0.2) is 0 Å². The largest absolute Gasteiger partial charge is 0.493 e. The number of benzene rings is 2. The van der Waals surface area contributed by atoms with E-state index in [4.69, 9.17) is 19.6 Å². The normalized spacial score (nSPS) is 12.6. The van der Waals surface area contributed by atoms with Gasteiger partial charge in [-0.1, -0.05) is 18.2 Å². The molecule has 1 unspecified atom stereocenters. The molecule has 0 aliphatic heterocycles. The Bertz CT molecular complexity index is 1240. The Morgan fingerprint density at radius 1 is 1.06 bits per heavy atom. The average Bonchev–Trinajstić information content (AvgIpc) is 3.16. The molecule has 8 heteroatoms. The third-order valence-corrected chi connectivity index (χ3v) is 5.58. The van der Waals surface area contributed by atoms with Gasteiger partial charge in [0, 0.05) is 24.0 Å². The van der Waals surface area contributed by atoms with Crippen LogP contribution in [0.25, 0.3) is 11.0 Å². The molecule has 0 saturated heterocycles. The van der Waals surface area contributed by atoms with E-state index >= 15 is 0 Å². The lowest BCUT2D eigenvalue weighted by Crippen LogP contribution is -2.12. The number of nitrogens with zero attached hydrogens (tertiary/aromatic N) is 1. The fourth-order valence-corrected chi connectivity index (χ4v) is 3.73. The smallest absolute Gasteiger partial charge is 0.416 e. The van der Waals surface area contributed by atoms with Gasteiger partial charge in [0.05, 0.1) is 17.6 Å². The van der Waals surface area contributed by atoms with Crippen molar-refractivity contribution in [1.82, 2.24) is 4.98 Å². The van der Waals surface area contributed by atoms with E-state index in [9.17, 15) is 13.2 Å². The monoisotopic (exact) mass is 470 g/mol. The summed E-state index contributed by atoms with van der Waals surface area (Å²) in [6.07, 6.45) is 0.565. The van der Waals surface area contributed by atoms with Crippen molar-refractivity contribution in [2.45, 2.75) is 38.6 Å². The highest BCUT2D eigenvalue weighted by Gasteiger charge is 2.30. The Labute approximate surface area is 195 Å². The predicted octanol–water partition coefficient (Wildman–Crippen LogP) is 6.59. The van der Waals surface area contributed by atoms with Crippen molar-refractivity contribution in [2.75, 3.05) is 6.61 Å². The lowest BCUT2D eigenvalue weighted by atomic mass is 10.1. The zero-order valence-corrected chi connectivity index (χ0v) is 18.6. The van der Waals surface area contributed by atoms with Crippen LogP contribution in [-0.2, 0) is 12.8 Å². The van der Waals surface area contributed by atoms with Crippen molar-refractivity contribution in [1.29, 1.82) is 0 Å². The summed E-state index contributed by atoms with van der Waals surface area (Å²) in [4.78, 5) is 4.10. The Morgan fingerprint density at radius 2 is 1.88 bits per heavy atom. The molecule has 4 aromatic rings. The van der Waals surface area contributed by atoms with Crippen LogP contribution in [0.3, 0.4) is 0 Å². The minimum atomic E-state index is -4.43. The van der Waals surface area contributed by atoms with Crippen LogP contribution in [0.2, 0.25) is 0 Å². The first kappa shape index (κ1) is 23.6. The molecule has 5 nitrogen and oxygen atoms in total. The van der Waals surface area contributed by atoms with Crippen molar-refractivity contribution in [2.24, 2.45) is 5.73 Å². The lowest BCUT2D eigenvalue weighted by molar-refractivity contribution is -0.137. The summed E-state index contributed by atoms with van der Waals surface area (Å²) < 4.78 is 56.3. The van der Waals surface area contributed by atoms with E-state index in [1.165, 1.54) is 12.1 Å². The predicted molar refractivity (Wildman–Crippen MR) is 123 cm³/mol. The van der Waals surface area contributed by atoms with Crippen LogP contribution < -0.4 is 15.2 Å². The molecule has 0 saturated carbocycles. The van der Waals surface area contributed by atoms with Gasteiger partial charge >= 0.3 is 6.18 Å². The number of fused-ring (bicyclic) bond motifs is 1. The molecule has 4 rings (SSSR count). The third kappa shape index (κ3) is 5.51. The summed E-state index contributed by atoms with van der Waals surface area (Å²) in [5.74, 6) is 1.33. The van der Waals surface area contributed by atoms with Crippen molar-refractivity contribution in [3.05, 3.63) is 89.4 Å². The topological polar surface area (TPSA) is 70.5 Å². The highest BCUT2D eigenvalue weighted by molar-refractivity contribution is 5.88. The van der Waals surface area contributed by atoms with Crippen molar-refractivity contribution < 1.29 is 27.1 Å². The molecular weight excluding hydrogens is 445 g/mol. The van der Waals surface area contributed by atoms with E-state index in [0.717, 1.165) is 41.5 Å². The molecule has 0 radical (unpaired) electrons. The van der Waals surface area contributed by atoms with Gasteiger partial charge in [0.15, 0.2) is 0 Å². The van der Waals surface area contributed by atoms with Crippen LogP contribution in [0, 0.1) is 6.92 Å². The summed E-state index contributed by atoms with van der Waals surface area (Å²) in [6, 6.07) is 14.0. The molecule has 178 valence electrons. The fraction of sp³-hybridized carbons (Fsp3) is 0.269. The van der Waals surface area contributed by atoms with Crippen LogP contribution in [-0.4, -0.2) is 11.6 Å². The maximum atomic E-state index is 12.9. The van der Waals surface area contributed by atoms with Crippen LogP contribution in [0.4, 0.5) is 13.2 Å². The van der Waals surface area contributed by atoms with Crippen molar-refractivity contribution in [3.8, 4) is 11.5 Å². The van der Waals surface area contributed by atoms with Crippen molar-refractivity contribution >= 4 is 11.0 Å². The summed E-state index contributed by atoms with van der Waals surface area (Å²) in [7, 11) is 0. The first-order chi connectivity index (χ1) is 16.3. The van der Waals surface area contributed by atoms with Crippen molar-refractivity contribution in [3.63, 3.8) is 0 Å². The Morgan fingerprint density at radius 3 is 2.65 bits per heavy atom. The molecule has 2 aromatic carbocycles. The summed E-state index contributed by atoms with van der Waals surface area (Å²) >= 11 is 0. The SMILES string of the molecule is Cc1c(COc2cccc(C(F)(F)F)c2)oc2cccc(OCCCC(N)c3cccnc3)c12. The van der Waals surface area contributed by atoms with Gasteiger partial charge in [-0.15, -0.1) is 0 Å². The molecule has 0 spiro atoms. The number of aryl methyl sites for hydroxylation is 1. The van der Waals surface area contributed by atoms with Gasteiger partial charge in [0.1, 0.15) is 29.4 Å². The molecule has 2 heterocycles. The minimum absolute atomic E-state index is 0.00122. The lowest BCUT2D eigenvalue weighted by Gasteiger charge is -2.12. The van der Waals surface area contributed by atoms with Crippen LogP contribution in [0.5, 0.6) is 11.5 Å². The van der Waals surface area contributed by atoms with Gasteiger partial charge < -0.3 is 19.6 Å². The van der Waals surface area contributed by atoms with E-state index in [2.05, 4.69) is 4.98 Å². The molecule has 34 heavy (non-hydrogen) atoms. The van der Waals surface area contributed by atoms with Crippen LogP contribution >= 0.6 is 0 Å². The average molecular weight is 470 g/mol. The molecule has 0 bridgehead atoms. The molecule has 2 aromatic heterocycles. The van der Waals surface area contributed by atoms with Gasteiger partial charge in [-0.05, 0) is 61.7 Å². The Balaban J connectivity index is 1.40. The molecule has 1 atom stereocenters. The van der Waals surface area contributed by atoms with E-state index in [0.29, 0.717) is 23.7 Å².